The fourth-order valence-corrected chi connectivity index (χ4v) is 1.95. The van der Waals surface area contributed by atoms with Gasteiger partial charge in [0.05, 0.1) is 4.92 Å². The summed E-state index contributed by atoms with van der Waals surface area (Å²) in [7, 11) is 0. The molecule has 4 nitrogen and oxygen atoms in total. The van der Waals surface area contributed by atoms with E-state index in [1.54, 1.807) is 0 Å². The minimum absolute atomic E-state index is 0.0357. The SMILES string of the molecule is O=[N+]([O-])c1ccc(-c2ccc(OC(F)(F)F)cc2)cc1C(F)(F)F. The van der Waals surface area contributed by atoms with E-state index < -0.39 is 34.5 Å². The summed E-state index contributed by atoms with van der Waals surface area (Å²) in [6, 6.07) is 6.42. The largest absolute Gasteiger partial charge is 0.573 e. The van der Waals surface area contributed by atoms with Crippen LogP contribution in [0.1, 0.15) is 5.56 Å². The highest BCUT2D eigenvalue weighted by molar-refractivity contribution is 5.67. The summed E-state index contributed by atoms with van der Waals surface area (Å²) < 4.78 is 78.5. The topological polar surface area (TPSA) is 52.4 Å². The molecule has 128 valence electrons. The molecule has 0 bridgehead atoms. The summed E-state index contributed by atoms with van der Waals surface area (Å²) in [5, 5.41) is 10.7. The van der Waals surface area contributed by atoms with E-state index >= 15 is 0 Å². The third-order valence-electron chi connectivity index (χ3n) is 2.92. The maximum atomic E-state index is 12.9. The van der Waals surface area contributed by atoms with Crippen LogP contribution in [-0.4, -0.2) is 11.3 Å². The quantitative estimate of drug-likeness (QED) is 0.435. The number of rotatable bonds is 3. The van der Waals surface area contributed by atoms with Crippen LogP contribution in [0.25, 0.3) is 11.1 Å². The normalized spacial score (nSPS) is 12.1. The van der Waals surface area contributed by atoms with E-state index in [1.807, 2.05) is 0 Å². The molecule has 0 spiro atoms. The highest BCUT2D eigenvalue weighted by Crippen LogP contribution is 2.38. The molecule has 0 aromatic heterocycles. The highest BCUT2D eigenvalue weighted by atomic mass is 19.4. The summed E-state index contributed by atoms with van der Waals surface area (Å²) in [4.78, 5) is 9.52. The van der Waals surface area contributed by atoms with Crippen molar-refractivity contribution in [2.75, 3.05) is 0 Å². The lowest BCUT2D eigenvalue weighted by atomic mass is 10.0. The van der Waals surface area contributed by atoms with Crippen LogP contribution in [0, 0.1) is 10.1 Å². The predicted molar refractivity (Wildman–Crippen MR) is 70.2 cm³/mol. The van der Waals surface area contributed by atoms with Crippen molar-refractivity contribution < 1.29 is 36.0 Å². The molecule has 0 aliphatic rings. The van der Waals surface area contributed by atoms with Crippen LogP contribution >= 0.6 is 0 Å². The minimum atomic E-state index is -4.95. The zero-order chi connectivity index (χ0) is 18.1. The Morgan fingerprint density at radius 1 is 0.875 bits per heavy atom. The molecule has 0 aliphatic heterocycles. The van der Waals surface area contributed by atoms with Gasteiger partial charge >= 0.3 is 12.5 Å². The molecule has 2 rings (SSSR count). The molecule has 0 amide bonds. The number of halogens is 6. The summed E-state index contributed by atoms with van der Waals surface area (Å²) >= 11 is 0. The molecular formula is C14H7F6NO3. The van der Waals surface area contributed by atoms with Gasteiger partial charge in [0.2, 0.25) is 0 Å². The van der Waals surface area contributed by atoms with Crippen LogP contribution in [0.2, 0.25) is 0 Å². The zero-order valence-electron chi connectivity index (χ0n) is 11.5. The van der Waals surface area contributed by atoms with E-state index in [1.165, 1.54) is 0 Å². The number of hydrogen-bond donors (Lipinski definition) is 0. The van der Waals surface area contributed by atoms with E-state index in [4.69, 9.17) is 0 Å². The Labute approximate surface area is 130 Å². The Morgan fingerprint density at radius 3 is 1.88 bits per heavy atom. The monoisotopic (exact) mass is 351 g/mol. The molecule has 2 aromatic rings. The van der Waals surface area contributed by atoms with Gasteiger partial charge in [0, 0.05) is 6.07 Å². The lowest BCUT2D eigenvalue weighted by Crippen LogP contribution is -2.16. The average Bonchev–Trinajstić information content (AvgIpc) is 2.44. The molecule has 0 fully saturated rings. The van der Waals surface area contributed by atoms with E-state index in [2.05, 4.69) is 4.74 Å². The van der Waals surface area contributed by atoms with Gasteiger partial charge in [-0.3, -0.25) is 10.1 Å². The van der Waals surface area contributed by atoms with Gasteiger partial charge in [-0.1, -0.05) is 12.1 Å². The molecule has 0 saturated heterocycles. The van der Waals surface area contributed by atoms with Crippen LogP contribution in [0.15, 0.2) is 42.5 Å². The lowest BCUT2D eigenvalue weighted by Gasteiger charge is -2.11. The molecular weight excluding hydrogens is 344 g/mol. The van der Waals surface area contributed by atoms with Gasteiger partial charge in [-0.25, -0.2) is 0 Å². The Bertz CT molecular complexity index is 753. The van der Waals surface area contributed by atoms with Crippen LogP contribution in [0.3, 0.4) is 0 Å². The Kier molecular flexibility index (Phi) is 4.41. The molecule has 0 heterocycles. The summed E-state index contributed by atoms with van der Waals surface area (Å²) in [6.07, 6.45) is -9.84. The lowest BCUT2D eigenvalue weighted by molar-refractivity contribution is -0.388. The van der Waals surface area contributed by atoms with Gasteiger partial charge in [-0.15, -0.1) is 13.2 Å². The van der Waals surface area contributed by atoms with Crippen molar-refractivity contribution in [3.8, 4) is 16.9 Å². The second-order valence-electron chi connectivity index (χ2n) is 4.56. The van der Waals surface area contributed by atoms with Crippen molar-refractivity contribution in [2.45, 2.75) is 12.5 Å². The van der Waals surface area contributed by atoms with Gasteiger partial charge in [0.25, 0.3) is 5.69 Å². The number of hydrogen-bond acceptors (Lipinski definition) is 3. The van der Waals surface area contributed by atoms with Gasteiger partial charge in [0.1, 0.15) is 11.3 Å². The first-order valence-electron chi connectivity index (χ1n) is 6.19. The Hall–Kier alpha value is -2.78. The van der Waals surface area contributed by atoms with Crippen molar-refractivity contribution in [2.24, 2.45) is 0 Å². The molecule has 0 atom stereocenters. The number of nitro groups is 1. The van der Waals surface area contributed by atoms with Crippen molar-refractivity contribution in [3.05, 3.63) is 58.1 Å². The molecule has 0 N–H and O–H groups in total. The van der Waals surface area contributed by atoms with Gasteiger partial charge < -0.3 is 4.74 Å². The standard InChI is InChI=1S/C14H7F6NO3/c15-13(16,17)11-7-9(3-6-12(11)21(22)23)8-1-4-10(5-2-8)24-14(18,19)20/h1-7H. The number of nitro benzene ring substituents is 1. The third kappa shape index (κ3) is 4.15. The Balaban J connectivity index is 2.41. The number of alkyl halides is 6. The first-order chi connectivity index (χ1) is 11.0. The van der Waals surface area contributed by atoms with Crippen molar-refractivity contribution in [3.63, 3.8) is 0 Å². The predicted octanol–water partition coefficient (Wildman–Crippen LogP) is 5.18. The number of nitrogens with zero attached hydrogens (tertiary/aromatic N) is 1. The van der Waals surface area contributed by atoms with Crippen LogP contribution in [0.4, 0.5) is 32.0 Å². The number of ether oxygens (including phenoxy) is 1. The smallest absolute Gasteiger partial charge is 0.406 e. The fourth-order valence-electron chi connectivity index (χ4n) is 1.95. The molecule has 0 unspecified atom stereocenters. The second-order valence-corrected chi connectivity index (χ2v) is 4.56. The molecule has 24 heavy (non-hydrogen) atoms. The van der Waals surface area contributed by atoms with E-state index in [0.717, 1.165) is 30.3 Å². The molecule has 0 saturated carbocycles. The third-order valence-corrected chi connectivity index (χ3v) is 2.92. The van der Waals surface area contributed by atoms with Crippen LogP contribution in [0.5, 0.6) is 5.75 Å². The van der Waals surface area contributed by atoms with Gasteiger partial charge in [0.15, 0.2) is 0 Å². The summed E-state index contributed by atoms with van der Waals surface area (Å²) in [5.74, 6) is -0.538. The Morgan fingerprint density at radius 2 is 1.42 bits per heavy atom. The molecule has 0 aliphatic carbocycles. The maximum Gasteiger partial charge on any atom is 0.573 e. The highest BCUT2D eigenvalue weighted by Gasteiger charge is 2.38. The van der Waals surface area contributed by atoms with Crippen molar-refractivity contribution >= 4 is 5.69 Å². The molecule has 10 heteroatoms. The van der Waals surface area contributed by atoms with Crippen molar-refractivity contribution in [1.82, 2.24) is 0 Å². The van der Waals surface area contributed by atoms with Crippen molar-refractivity contribution in [1.29, 1.82) is 0 Å². The van der Waals surface area contributed by atoms with E-state index in [-0.39, 0.29) is 11.1 Å². The average molecular weight is 351 g/mol. The van der Waals surface area contributed by atoms with Crippen LogP contribution < -0.4 is 4.74 Å². The first-order valence-corrected chi connectivity index (χ1v) is 6.19. The summed E-state index contributed by atoms with van der Waals surface area (Å²) in [5.41, 5.74) is -2.44. The van der Waals surface area contributed by atoms with Gasteiger partial charge in [-0.05, 0) is 35.4 Å². The zero-order valence-corrected chi connectivity index (χ0v) is 11.5. The molecule has 0 radical (unpaired) electrons. The van der Waals surface area contributed by atoms with E-state index in [0.29, 0.717) is 12.1 Å². The first kappa shape index (κ1) is 17.6. The van der Waals surface area contributed by atoms with E-state index in [9.17, 15) is 36.5 Å². The summed E-state index contributed by atoms with van der Waals surface area (Å²) in [6.45, 7) is 0. The maximum absolute atomic E-state index is 12.9. The fraction of sp³-hybridized carbons (Fsp3) is 0.143. The molecule has 2 aromatic carbocycles. The second kappa shape index (κ2) is 6.02. The van der Waals surface area contributed by atoms with Crippen LogP contribution in [-0.2, 0) is 6.18 Å². The number of benzene rings is 2. The van der Waals surface area contributed by atoms with Gasteiger partial charge in [-0.2, -0.15) is 13.2 Å². The minimum Gasteiger partial charge on any atom is -0.406 e.